The third-order valence-electron chi connectivity index (χ3n) is 5.62. The van der Waals surface area contributed by atoms with Crippen molar-refractivity contribution in [3.8, 4) is 5.69 Å². The Morgan fingerprint density at radius 3 is 2.78 bits per heavy atom. The number of hydrogen-bond donors (Lipinski definition) is 1. The van der Waals surface area contributed by atoms with Gasteiger partial charge in [-0.1, -0.05) is 28.9 Å². The number of benzene rings is 2. The Kier molecular flexibility index (Phi) is 5.89. The SMILES string of the molecule is O=C(Nc1ccc2c(ccn2CCN2CCOCC2)c1)c1cn(-c2ccccc2Cl)nn1. The van der Waals surface area contributed by atoms with Gasteiger partial charge in [-0.3, -0.25) is 9.69 Å². The molecule has 0 aliphatic carbocycles. The molecule has 0 spiro atoms. The standard InChI is InChI=1S/C23H23ClN6O2/c24-19-3-1-2-4-22(19)30-16-20(26-27-30)23(31)25-18-5-6-21-17(15-18)7-8-29(21)10-9-28-11-13-32-14-12-28/h1-8,15-16H,9-14H2,(H,25,31). The lowest BCUT2D eigenvalue weighted by Crippen LogP contribution is -2.38. The molecule has 32 heavy (non-hydrogen) atoms. The Balaban J connectivity index is 1.26. The summed E-state index contributed by atoms with van der Waals surface area (Å²) in [5.41, 5.74) is 2.73. The summed E-state index contributed by atoms with van der Waals surface area (Å²) in [5.74, 6) is -0.325. The first-order valence-electron chi connectivity index (χ1n) is 10.5. The Labute approximate surface area is 190 Å². The highest BCUT2D eigenvalue weighted by Crippen LogP contribution is 2.22. The van der Waals surface area contributed by atoms with E-state index in [1.165, 1.54) is 4.68 Å². The van der Waals surface area contributed by atoms with Gasteiger partial charge in [0.1, 0.15) is 0 Å². The van der Waals surface area contributed by atoms with Crippen LogP contribution in [0.4, 0.5) is 5.69 Å². The molecule has 2 aromatic carbocycles. The number of nitrogens with zero attached hydrogens (tertiary/aromatic N) is 5. The van der Waals surface area contributed by atoms with Crippen molar-refractivity contribution in [2.45, 2.75) is 6.54 Å². The van der Waals surface area contributed by atoms with Gasteiger partial charge in [0.15, 0.2) is 5.69 Å². The van der Waals surface area contributed by atoms with Crippen LogP contribution in [0.3, 0.4) is 0 Å². The summed E-state index contributed by atoms with van der Waals surface area (Å²) in [7, 11) is 0. The molecule has 8 nitrogen and oxygen atoms in total. The smallest absolute Gasteiger partial charge is 0.277 e. The summed E-state index contributed by atoms with van der Waals surface area (Å²) in [5, 5.41) is 12.5. The van der Waals surface area contributed by atoms with Gasteiger partial charge in [-0.05, 0) is 36.4 Å². The second kappa shape index (κ2) is 9.12. The zero-order chi connectivity index (χ0) is 21.9. The van der Waals surface area contributed by atoms with Crippen LogP contribution >= 0.6 is 11.6 Å². The molecule has 164 valence electrons. The molecule has 4 aromatic rings. The van der Waals surface area contributed by atoms with Crippen molar-refractivity contribution in [3.63, 3.8) is 0 Å². The number of morpholine rings is 1. The Bertz CT molecular complexity index is 1240. The molecule has 1 fully saturated rings. The summed E-state index contributed by atoms with van der Waals surface area (Å²) in [4.78, 5) is 15.1. The van der Waals surface area contributed by atoms with Gasteiger partial charge >= 0.3 is 0 Å². The lowest BCUT2D eigenvalue weighted by atomic mass is 10.2. The van der Waals surface area contributed by atoms with E-state index < -0.39 is 0 Å². The van der Waals surface area contributed by atoms with Crippen molar-refractivity contribution in [3.05, 3.63) is 71.6 Å². The Morgan fingerprint density at radius 1 is 1.09 bits per heavy atom. The van der Waals surface area contributed by atoms with E-state index in [1.807, 2.05) is 36.4 Å². The number of rotatable bonds is 6. The van der Waals surface area contributed by atoms with Gasteiger partial charge in [-0.25, -0.2) is 4.68 Å². The maximum atomic E-state index is 12.7. The maximum Gasteiger partial charge on any atom is 0.277 e. The maximum absolute atomic E-state index is 12.7. The van der Waals surface area contributed by atoms with Crippen LogP contribution in [0.1, 0.15) is 10.5 Å². The van der Waals surface area contributed by atoms with Gasteiger partial charge in [0.2, 0.25) is 0 Å². The number of para-hydroxylation sites is 1. The monoisotopic (exact) mass is 450 g/mol. The average molecular weight is 451 g/mol. The molecule has 0 unspecified atom stereocenters. The molecule has 1 aliphatic heterocycles. The highest BCUT2D eigenvalue weighted by Gasteiger charge is 2.14. The van der Waals surface area contributed by atoms with Crippen molar-refractivity contribution in [2.24, 2.45) is 0 Å². The van der Waals surface area contributed by atoms with E-state index in [9.17, 15) is 4.79 Å². The van der Waals surface area contributed by atoms with Gasteiger partial charge < -0.3 is 14.6 Å². The minimum Gasteiger partial charge on any atom is -0.379 e. The normalized spacial score (nSPS) is 14.7. The topological polar surface area (TPSA) is 77.2 Å². The second-order valence-electron chi connectivity index (χ2n) is 7.69. The van der Waals surface area contributed by atoms with Gasteiger partial charge in [-0.15, -0.1) is 5.10 Å². The minimum absolute atomic E-state index is 0.216. The van der Waals surface area contributed by atoms with E-state index in [1.54, 1.807) is 12.3 Å². The molecular weight excluding hydrogens is 428 g/mol. The van der Waals surface area contributed by atoms with Crippen LogP contribution in [0.15, 0.2) is 60.9 Å². The predicted molar refractivity (Wildman–Crippen MR) is 124 cm³/mol. The highest BCUT2D eigenvalue weighted by atomic mass is 35.5. The number of anilines is 1. The van der Waals surface area contributed by atoms with Crippen LogP contribution in [0, 0.1) is 0 Å². The molecule has 1 saturated heterocycles. The molecule has 1 N–H and O–H groups in total. The van der Waals surface area contributed by atoms with Gasteiger partial charge in [0.25, 0.3) is 5.91 Å². The molecule has 0 saturated carbocycles. The van der Waals surface area contributed by atoms with Crippen LogP contribution in [-0.2, 0) is 11.3 Å². The third kappa shape index (κ3) is 4.38. The van der Waals surface area contributed by atoms with E-state index in [0.717, 1.165) is 50.3 Å². The predicted octanol–water partition coefficient (Wildman–Crippen LogP) is 3.46. The fraction of sp³-hybridized carbons (Fsp3) is 0.261. The van der Waals surface area contributed by atoms with Crippen LogP contribution in [0.25, 0.3) is 16.6 Å². The molecule has 3 heterocycles. The molecule has 1 amide bonds. The Hall–Kier alpha value is -3.20. The van der Waals surface area contributed by atoms with E-state index in [4.69, 9.17) is 16.3 Å². The number of nitrogens with one attached hydrogen (secondary N) is 1. The van der Waals surface area contributed by atoms with Crippen LogP contribution in [0.2, 0.25) is 5.02 Å². The van der Waals surface area contributed by atoms with E-state index in [0.29, 0.717) is 16.4 Å². The number of carbonyl (C=O) groups is 1. The number of amides is 1. The molecule has 1 aliphatic rings. The van der Waals surface area contributed by atoms with E-state index >= 15 is 0 Å². The van der Waals surface area contributed by atoms with E-state index in [2.05, 4.69) is 37.4 Å². The van der Waals surface area contributed by atoms with Crippen LogP contribution in [-0.4, -0.2) is 63.2 Å². The fourth-order valence-corrected chi connectivity index (χ4v) is 4.09. The first-order valence-corrected chi connectivity index (χ1v) is 10.9. The zero-order valence-electron chi connectivity index (χ0n) is 17.4. The lowest BCUT2D eigenvalue weighted by molar-refractivity contribution is 0.0365. The Morgan fingerprint density at radius 2 is 1.94 bits per heavy atom. The summed E-state index contributed by atoms with van der Waals surface area (Å²) < 4.78 is 9.15. The number of fused-ring (bicyclic) bond motifs is 1. The van der Waals surface area contributed by atoms with Gasteiger partial charge in [0, 0.05) is 49.0 Å². The molecular formula is C23H23ClN6O2. The minimum atomic E-state index is -0.325. The lowest BCUT2D eigenvalue weighted by Gasteiger charge is -2.26. The fourth-order valence-electron chi connectivity index (χ4n) is 3.87. The molecule has 0 radical (unpaired) electrons. The largest absolute Gasteiger partial charge is 0.379 e. The zero-order valence-corrected chi connectivity index (χ0v) is 18.2. The second-order valence-corrected chi connectivity index (χ2v) is 8.10. The number of hydrogen-bond acceptors (Lipinski definition) is 5. The number of aromatic nitrogens is 4. The van der Waals surface area contributed by atoms with Crippen molar-refractivity contribution >= 4 is 34.1 Å². The van der Waals surface area contributed by atoms with Crippen molar-refractivity contribution in [2.75, 3.05) is 38.2 Å². The quantitative estimate of drug-likeness (QED) is 0.486. The van der Waals surface area contributed by atoms with Gasteiger partial charge in [0.05, 0.1) is 30.1 Å². The third-order valence-corrected chi connectivity index (χ3v) is 5.93. The number of halogens is 1. The van der Waals surface area contributed by atoms with Crippen molar-refractivity contribution < 1.29 is 9.53 Å². The molecule has 9 heteroatoms. The van der Waals surface area contributed by atoms with E-state index in [-0.39, 0.29) is 11.6 Å². The van der Waals surface area contributed by atoms with Crippen molar-refractivity contribution in [1.29, 1.82) is 0 Å². The average Bonchev–Trinajstić information content (AvgIpc) is 3.46. The highest BCUT2D eigenvalue weighted by molar-refractivity contribution is 6.32. The molecule has 0 atom stereocenters. The number of ether oxygens (including phenoxy) is 1. The first-order chi connectivity index (χ1) is 15.7. The summed E-state index contributed by atoms with van der Waals surface area (Å²) in [6.45, 7) is 5.49. The molecule has 5 rings (SSSR count). The van der Waals surface area contributed by atoms with Crippen LogP contribution < -0.4 is 5.32 Å². The molecule has 0 bridgehead atoms. The number of carbonyl (C=O) groups excluding carboxylic acids is 1. The van der Waals surface area contributed by atoms with Crippen LogP contribution in [0.5, 0.6) is 0 Å². The van der Waals surface area contributed by atoms with Crippen molar-refractivity contribution in [1.82, 2.24) is 24.5 Å². The first kappa shape index (κ1) is 20.7. The summed E-state index contributed by atoms with van der Waals surface area (Å²) >= 11 is 6.20. The summed E-state index contributed by atoms with van der Waals surface area (Å²) in [6.07, 6.45) is 3.66. The summed E-state index contributed by atoms with van der Waals surface area (Å²) in [6, 6.07) is 15.2. The van der Waals surface area contributed by atoms with Gasteiger partial charge in [-0.2, -0.15) is 0 Å². The molecule has 2 aromatic heterocycles.